The van der Waals surface area contributed by atoms with Crippen molar-refractivity contribution in [3.63, 3.8) is 0 Å². The average molecular weight is 616 g/mol. The largest absolute Gasteiger partial charge is 0.374 e. The van der Waals surface area contributed by atoms with Gasteiger partial charge in [-0.15, -0.1) is 0 Å². The van der Waals surface area contributed by atoms with E-state index in [-0.39, 0.29) is 13.0 Å². The van der Waals surface area contributed by atoms with Gasteiger partial charge in [-0.25, -0.2) is 4.79 Å². The highest BCUT2D eigenvalue weighted by Crippen LogP contribution is 2.35. The highest BCUT2D eigenvalue weighted by atomic mass is 32.1. The molecule has 8 nitrogen and oxygen atoms in total. The first-order valence-corrected chi connectivity index (χ1v) is 15.0. The van der Waals surface area contributed by atoms with Crippen molar-refractivity contribution in [1.82, 2.24) is 4.73 Å². The van der Waals surface area contributed by atoms with Crippen molar-refractivity contribution in [2.45, 2.75) is 50.8 Å². The molecule has 1 saturated heterocycles. The maximum atomic E-state index is 13.3. The summed E-state index contributed by atoms with van der Waals surface area (Å²) in [4.78, 5) is 18.9. The van der Waals surface area contributed by atoms with Crippen LogP contribution in [0.3, 0.4) is 0 Å². The van der Waals surface area contributed by atoms with E-state index in [9.17, 15) is 4.79 Å². The van der Waals surface area contributed by atoms with Crippen molar-refractivity contribution >= 4 is 18.2 Å². The van der Waals surface area contributed by atoms with Crippen LogP contribution in [-0.4, -0.2) is 49.0 Å². The van der Waals surface area contributed by atoms with E-state index in [4.69, 9.17) is 40.7 Å². The molecule has 1 aliphatic heterocycles. The number of hydrogen-bond donors (Lipinski definition) is 0. The number of pyridine rings is 1. The summed E-state index contributed by atoms with van der Waals surface area (Å²) in [6.07, 6.45) is -0.966. The Bertz CT molecular complexity index is 1490. The zero-order chi connectivity index (χ0) is 30.6. The Hall–Kier alpha value is -3.70. The number of nitrogens with zero attached hydrogens (tertiary/aromatic N) is 1. The minimum absolute atomic E-state index is 0.0581. The number of ether oxygens (including phenoxy) is 5. The van der Waals surface area contributed by atoms with Crippen LogP contribution in [-0.2, 0) is 48.3 Å². The number of carbonyl (C=O) groups is 1. The van der Waals surface area contributed by atoms with E-state index in [1.54, 1.807) is 31.5 Å². The smallest absolute Gasteiger partial charge is 0.333 e. The zero-order valence-electron chi connectivity index (χ0n) is 24.6. The topological polar surface area (TPSA) is 77.4 Å². The van der Waals surface area contributed by atoms with Crippen LogP contribution in [0.5, 0.6) is 0 Å². The number of hydrogen-bond acceptors (Lipinski definition) is 8. The van der Waals surface area contributed by atoms with Crippen molar-refractivity contribution in [2.75, 3.05) is 13.7 Å². The Morgan fingerprint density at radius 2 is 1.30 bits per heavy atom. The zero-order valence-corrected chi connectivity index (χ0v) is 25.4. The van der Waals surface area contributed by atoms with Gasteiger partial charge in [-0.2, -0.15) is 4.73 Å². The lowest BCUT2D eigenvalue weighted by molar-refractivity contribution is -0.300. The summed E-state index contributed by atoms with van der Waals surface area (Å²) in [5.74, 6) is -1.06. The van der Waals surface area contributed by atoms with Crippen LogP contribution in [0.15, 0.2) is 115 Å². The molecule has 4 aromatic rings. The summed E-state index contributed by atoms with van der Waals surface area (Å²) in [5, 5.41) is 0. The third-order valence-corrected chi connectivity index (χ3v) is 7.67. The first-order chi connectivity index (χ1) is 21.6. The van der Waals surface area contributed by atoms with Crippen molar-refractivity contribution < 1.29 is 33.3 Å². The van der Waals surface area contributed by atoms with Gasteiger partial charge in [0.1, 0.15) is 16.8 Å². The van der Waals surface area contributed by atoms with Gasteiger partial charge < -0.3 is 28.5 Å². The third kappa shape index (κ3) is 8.92. The Balaban J connectivity index is 1.40. The van der Waals surface area contributed by atoms with Gasteiger partial charge in [0, 0.05) is 19.2 Å². The van der Waals surface area contributed by atoms with E-state index in [0.717, 1.165) is 16.7 Å². The van der Waals surface area contributed by atoms with Gasteiger partial charge in [0.15, 0.2) is 6.29 Å². The van der Waals surface area contributed by atoms with Crippen molar-refractivity contribution in [3.8, 4) is 0 Å². The van der Waals surface area contributed by atoms with E-state index in [1.807, 2.05) is 91.0 Å². The van der Waals surface area contributed by atoms with Crippen LogP contribution >= 0.6 is 12.2 Å². The van der Waals surface area contributed by atoms with Crippen LogP contribution in [0, 0.1) is 10.6 Å². The summed E-state index contributed by atoms with van der Waals surface area (Å²) in [6, 6.07) is 34.9. The maximum absolute atomic E-state index is 13.3. The fraction of sp³-hybridized carbons (Fsp3) is 0.314. The fourth-order valence-electron chi connectivity index (χ4n) is 5.19. The summed E-state index contributed by atoms with van der Waals surface area (Å²) < 4.78 is 33.2. The van der Waals surface area contributed by atoms with Gasteiger partial charge in [-0.3, -0.25) is 0 Å². The molecule has 1 fully saturated rings. The predicted octanol–water partition coefficient (Wildman–Crippen LogP) is 5.94. The molecular formula is C35H37NO7S. The van der Waals surface area contributed by atoms with Crippen LogP contribution in [0.25, 0.3) is 0 Å². The number of carbonyl (C=O) groups excluding carboxylic acids is 1. The lowest BCUT2D eigenvalue weighted by atomic mass is 9.87. The minimum atomic E-state index is -0.783. The molecule has 3 aromatic carbocycles. The standard InChI is InChI=1S/C35H37NO7S/c1-38-35-29(21-32(37)43-36-20-12-11-19-31(36)44)33(40-23-27-15-7-3-8-16-27)34(41-24-28-17-9-4-10-18-28)30(42-35)25-39-22-26-13-5-2-6-14-26/h2-20,29-30,33-35H,21-25H2,1H3/t29-,30-,33-,34-,35-/m1/s1. The molecule has 0 unspecified atom stereocenters. The molecule has 0 radical (unpaired) electrons. The SMILES string of the molecule is CO[C@@H]1O[C@H](COCc2ccccc2)[C@@H](OCc2ccccc2)[C@H](OCc2ccccc2)[C@H]1CC(=O)On1ccccc1=S. The Morgan fingerprint density at radius 3 is 1.86 bits per heavy atom. The van der Waals surface area contributed by atoms with E-state index in [1.165, 1.54) is 4.73 Å². The van der Waals surface area contributed by atoms with E-state index >= 15 is 0 Å². The summed E-state index contributed by atoms with van der Waals surface area (Å²) in [5.41, 5.74) is 3.04. The number of aromatic nitrogens is 1. The second-order valence-electron chi connectivity index (χ2n) is 10.5. The maximum Gasteiger partial charge on any atom is 0.333 e. The molecule has 0 amide bonds. The quantitative estimate of drug-likeness (QED) is 0.162. The lowest BCUT2D eigenvalue weighted by Gasteiger charge is -2.45. The van der Waals surface area contributed by atoms with Crippen LogP contribution < -0.4 is 4.84 Å². The molecule has 0 N–H and O–H groups in total. The molecule has 5 atom stereocenters. The molecular weight excluding hydrogens is 578 g/mol. The summed E-state index contributed by atoms with van der Waals surface area (Å²) >= 11 is 5.31. The molecule has 0 saturated carbocycles. The Morgan fingerprint density at radius 1 is 0.750 bits per heavy atom. The van der Waals surface area contributed by atoms with Crippen LogP contribution in [0.2, 0.25) is 0 Å². The number of benzene rings is 3. The molecule has 1 aromatic heterocycles. The van der Waals surface area contributed by atoms with Gasteiger partial charge in [0.05, 0.1) is 39.0 Å². The van der Waals surface area contributed by atoms with Crippen molar-refractivity contribution in [3.05, 3.63) is 137 Å². The van der Waals surface area contributed by atoms with Crippen LogP contribution in [0.1, 0.15) is 23.1 Å². The van der Waals surface area contributed by atoms with Crippen molar-refractivity contribution in [2.24, 2.45) is 5.92 Å². The molecule has 9 heteroatoms. The van der Waals surface area contributed by atoms with Gasteiger partial charge in [-0.05, 0) is 28.8 Å². The third-order valence-electron chi connectivity index (χ3n) is 7.36. The molecule has 230 valence electrons. The monoisotopic (exact) mass is 615 g/mol. The second kappa shape index (κ2) is 16.4. The lowest BCUT2D eigenvalue weighted by Crippen LogP contribution is -2.58. The predicted molar refractivity (Wildman–Crippen MR) is 167 cm³/mol. The van der Waals surface area contributed by atoms with Gasteiger partial charge in [0.25, 0.3) is 0 Å². The highest BCUT2D eigenvalue weighted by molar-refractivity contribution is 7.71. The molecule has 44 heavy (non-hydrogen) atoms. The van der Waals surface area contributed by atoms with Crippen LogP contribution in [0.4, 0.5) is 0 Å². The summed E-state index contributed by atoms with van der Waals surface area (Å²) in [7, 11) is 1.55. The van der Waals surface area contributed by atoms with Gasteiger partial charge in [0.2, 0.25) is 0 Å². The van der Waals surface area contributed by atoms with E-state index in [2.05, 4.69) is 0 Å². The van der Waals surface area contributed by atoms with E-state index in [0.29, 0.717) is 24.5 Å². The molecule has 0 spiro atoms. The van der Waals surface area contributed by atoms with E-state index < -0.39 is 36.5 Å². The Kier molecular flexibility index (Phi) is 11.8. The van der Waals surface area contributed by atoms with Crippen molar-refractivity contribution in [1.29, 1.82) is 0 Å². The molecule has 5 rings (SSSR count). The molecule has 0 bridgehead atoms. The first kappa shape index (κ1) is 31.7. The first-order valence-electron chi connectivity index (χ1n) is 14.6. The average Bonchev–Trinajstić information content (AvgIpc) is 3.06. The number of rotatable bonds is 14. The fourth-order valence-corrected chi connectivity index (χ4v) is 5.36. The highest BCUT2D eigenvalue weighted by Gasteiger charge is 2.49. The summed E-state index contributed by atoms with van der Waals surface area (Å²) in [6.45, 7) is 1.27. The van der Waals surface area contributed by atoms with Gasteiger partial charge >= 0.3 is 5.97 Å². The number of methoxy groups -OCH3 is 1. The molecule has 1 aliphatic rings. The molecule has 2 heterocycles. The second-order valence-corrected chi connectivity index (χ2v) is 10.9. The Labute approximate surface area is 263 Å². The minimum Gasteiger partial charge on any atom is -0.374 e. The normalized spacial score (nSPS) is 21.5. The molecule has 0 aliphatic carbocycles. The van der Waals surface area contributed by atoms with Gasteiger partial charge in [-0.1, -0.05) is 109 Å².